The van der Waals surface area contributed by atoms with Gasteiger partial charge in [-0.15, -0.1) is 0 Å². The number of piperazine rings is 1. The first-order chi connectivity index (χ1) is 14.6. The lowest BCUT2D eigenvalue weighted by atomic mass is 10.1. The Kier molecular flexibility index (Phi) is 6.40. The van der Waals surface area contributed by atoms with E-state index in [1.165, 1.54) is 0 Å². The topological polar surface area (TPSA) is 62.3 Å². The smallest absolute Gasteiger partial charge is 0.414 e. The van der Waals surface area contributed by atoms with Crippen molar-refractivity contribution in [3.8, 4) is 5.75 Å². The van der Waals surface area contributed by atoms with E-state index in [1.807, 2.05) is 29.2 Å². The number of nitrogens with zero attached hydrogens (tertiary/aromatic N) is 3. The van der Waals surface area contributed by atoms with E-state index in [-0.39, 0.29) is 12.0 Å². The zero-order valence-corrected chi connectivity index (χ0v) is 17.4. The second-order valence-corrected chi connectivity index (χ2v) is 7.63. The number of amides is 2. The predicted molar refractivity (Wildman–Crippen MR) is 114 cm³/mol. The summed E-state index contributed by atoms with van der Waals surface area (Å²) in [6, 6.07) is 14.6. The van der Waals surface area contributed by atoms with Gasteiger partial charge in [0.1, 0.15) is 19.0 Å². The van der Waals surface area contributed by atoms with Gasteiger partial charge in [0.25, 0.3) is 5.91 Å². The largest absolute Gasteiger partial charge is 0.491 e. The number of benzene rings is 2. The molecule has 0 aliphatic carbocycles. The highest BCUT2D eigenvalue weighted by molar-refractivity contribution is 6.32. The Bertz CT molecular complexity index is 898. The third kappa shape index (κ3) is 4.68. The first-order valence-electron chi connectivity index (χ1n) is 10.0. The summed E-state index contributed by atoms with van der Waals surface area (Å²) in [5.74, 6) is 0.705. The summed E-state index contributed by atoms with van der Waals surface area (Å²) >= 11 is 6.10. The van der Waals surface area contributed by atoms with Crippen molar-refractivity contribution in [3.63, 3.8) is 0 Å². The maximum Gasteiger partial charge on any atom is 0.414 e. The molecule has 0 N–H and O–H groups in total. The second kappa shape index (κ2) is 9.36. The van der Waals surface area contributed by atoms with Crippen LogP contribution in [-0.4, -0.2) is 74.3 Å². The Balaban J connectivity index is 1.24. The first-order valence-corrected chi connectivity index (χ1v) is 10.4. The van der Waals surface area contributed by atoms with Gasteiger partial charge in [0, 0.05) is 44.0 Å². The van der Waals surface area contributed by atoms with Crippen LogP contribution < -0.4 is 9.64 Å². The molecule has 2 saturated heterocycles. The molecular weight excluding hydrogens is 406 g/mol. The lowest BCUT2D eigenvalue weighted by Crippen LogP contribution is -2.49. The van der Waals surface area contributed by atoms with Gasteiger partial charge in [-0.25, -0.2) is 4.79 Å². The van der Waals surface area contributed by atoms with Crippen LogP contribution in [0.4, 0.5) is 10.5 Å². The molecule has 2 aliphatic heterocycles. The maximum absolute atomic E-state index is 12.8. The number of hydrogen-bond donors (Lipinski definition) is 0. The van der Waals surface area contributed by atoms with Gasteiger partial charge in [0.05, 0.1) is 11.6 Å². The van der Waals surface area contributed by atoms with E-state index in [0.717, 1.165) is 25.3 Å². The first kappa shape index (κ1) is 20.5. The minimum absolute atomic E-state index is 0.0116. The number of cyclic esters (lactones) is 1. The molecule has 158 valence electrons. The quantitative estimate of drug-likeness (QED) is 0.706. The van der Waals surface area contributed by atoms with Gasteiger partial charge in [-0.05, 0) is 36.4 Å². The van der Waals surface area contributed by atoms with E-state index in [1.54, 1.807) is 29.2 Å². The molecule has 2 aromatic rings. The van der Waals surface area contributed by atoms with E-state index in [0.29, 0.717) is 49.2 Å². The van der Waals surface area contributed by atoms with Crippen molar-refractivity contribution in [2.75, 3.05) is 57.4 Å². The minimum atomic E-state index is -0.344. The number of anilines is 1. The minimum Gasteiger partial charge on any atom is -0.491 e. The van der Waals surface area contributed by atoms with Crippen LogP contribution in [-0.2, 0) is 4.74 Å². The number of halogens is 1. The molecule has 4 rings (SSSR count). The fraction of sp³-hybridized carbons (Fsp3) is 0.364. The Morgan fingerprint density at radius 3 is 2.40 bits per heavy atom. The van der Waals surface area contributed by atoms with Crippen LogP contribution in [0.1, 0.15) is 10.4 Å². The van der Waals surface area contributed by atoms with Crippen LogP contribution in [0.25, 0.3) is 0 Å². The van der Waals surface area contributed by atoms with E-state index < -0.39 is 0 Å². The van der Waals surface area contributed by atoms with Crippen molar-refractivity contribution in [2.45, 2.75) is 0 Å². The number of ether oxygens (including phenoxy) is 2. The Morgan fingerprint density at radius 2 is 1.73 bits per heavy atom. The van der Waals surface area contributed by atoms with Gasteiger partial charge in [-0.1, -0.05) is 23.7 Å². The maximum atomic E-state index is 12.8. The van der Waals surface area contributed by atoms with Crippen LogP contribution in [0.5, 0.6) is 5.75 Å². The van der Waals surface area contributed by atoms with Crippen molar-refractivity contribution in [1.29, 1.82) is 0 Å². The fourth-order valence-corrected chi connectivity index (χ4v) is 3.81. The number of para-hydroxylation sites is 1. The third-order valence-corrected chi connectivity index (χ3v) is 5.66. The van der Waals surface area contributed by atoms with E-state index in [4.69, 9.17) is 21.1 Å². The highest BCUT2D eigenvalue weighted by atomic mass is 35.5. The lowest BCUT2D eigenvalue weighted by molar-refractivity contribution is 0.0620. The molecule has 2 aromatic carbocycles. The molecular formula is C22H24ClN3O4. The summed E-state index contributed by atoms with van der Waals surface area (Å²) in [6.45, 7) is 5.22. The molecule has 0 unspecified atom stereocenters. The van der Waals surface area contributed by atoms with Gasteiger partial charge in [0.15, 0.2) is 0 Å². The SMILES string of the molecule is O=C(c1ccc(N2CCOC2=O)cc1)N1CCN(CCOc2ccccc2Cl)CC1. The second-order valence-electron chi connectivity index (χ2n) is 7.23. The van der Waals surface area contributed by atoms with Crippen molar-refractivity contribution in [3.05, 3.63) is 59.1 Å². The lowest BCUT2D eigenvalue weighted by Gasteiger charge is -2.34. The number of carbonyl (C=O) groups excluding carboxylic acids is 2. The van der Waals surface area contributed by atoms with Gasteiger partial charge < -0.3 is 14.4 Å². The molecule has 8 heteroatoms. The predicted octanol–water partition coefficient (Wildman–Crippen LogP) is 3.13. The van der Waals surface area contributed by atoms with Gasteiger partial charge in [-0.3, -0.25) is 14.6 Å². The molecule has 2 aliphatic rings. The summed E-state index contributed by atoms with van der Waals surface area (Å²) in [5, 5.41) is 0.612. The standard InChI is InChI=1S/C22H24ClN3O4/c23-19-3-1-2-4-20(19)29-15-13-24-9-11-25(12-10-24)21(27)17-5-7-18(8-6-17)26-14-16-30-22(26)28/h1-8H,9-16H2. The Hall–Kier alpha value is -2.77. The highest BCUT2D eigenvalue weighted by Crippen LogP contribution is 2.23. The summed E-state index contributed by atoms with van der Waals surface area (Å²) in [5.41, 5.74) is 1.37. The molecule has 2 heterocycles. The number of carbonyl (C=O) groups is 2. The van der Waals surface area contributed by atoms with Crippen LogP contribution in [0, 0.1) is 0 Å². The molecule has 7 nitrogen and oxygen atoms in total. The van der Waals surface area contributed by atoms with E-state index in [9.17, 15) is 9.59 Å². The molecule has 0 bridgehead atoms. The average Bonchev–Trinajstić information content (AvgIpc) is 3.21. The Labute approximate surface area is 180 Å². The zero-order valence-electron chi connectivity index (χ0n) is 16.6. The van der Waals surface area contributed by atoms with Crippen LogP contribution in [0.15, 0.2) is 48.5 Å². The van der Waals surface area contributed by atoms with E-state index >= 15 is 0 Å². The third-order valence-electron chi connectivity index (χ3n) is 5.35. The molecule has 2 fully saturated rings. The van der Waals surface area contributed by atoms with Crippen LogP contribution in [0.3, 0.4) is 0 Å². The molecule has 0 aromatic heterocycles. The summed E-state index contributed by atoms with van der Waals surface area (Å²) in [4.78, 5) is 30.2. The van der Waals surface area contributed by atoms with Crippen molar-refractivity contribution < 1.29 is 19.1 Å². The van der Waals surface area contributed by atoms with Crippen molar-refractivity contribution >= 4 is 29.3 Å². The summed E-state index contributed by atoms with van der Waals surface area (Å²) < 4.78 is 10.7. The van der Waals surface area contributed by atoms with Crippen LogP contribution >= 0.6 is 11.6 Å². The highest BCUT2D eigenvalue weighted by Gasteiger charge is 2.25. The van der Waals surface area contributed by atoms with Gasteiger partial charge >= 0.3 is 6.09 Å². The number of hydrogen-bond acceptors (Lipinski definition) is 5. The summed E-state index contributed by atoms with van der Waals surface area (Å²) in [7, 11) is 0. The van der Waals surface area contributed by atoms with Gasteiger partial charge in [-0.2, -0.15) is 0 Å². The zero-order chi connectivity index (χ0) is 20.9. The molecule has 0 atom stereocenters. The van der Waals surface area contributed by atoms with Gasteiger partial charge in [0.2, 0.25) is 0 Å². The average molecular weight is 430 g/mol. The van der Waals surface area contributed by atoms with Crippen LogP contribution in [0.2, 0.25) is 5.02 Å². The fourth-order valence-electron chi connectivity index (χ4n) is 3.62. The molecule has 0 radical (unpaired) electrons. The molecule has 0 saturated carbocycles. The Morgan fingerprint density at radius 1 is 1.00 bits per heavy atom. The monoisotopic (exact) mass is 429 g/mol. The normalized spacial score (nSPS) is 17.2. The van der Waals surface area contributed by atoms with Crippen molar-refractivity contribution in [2.24, 2.45) is 0 Å². The molecule has 2 amide bonds. The van der Waals surface area contributed by atoms with E-state index in [2.05, 4.69) is 4.90 Å². The molecule has 0 spiro atoms. The van der Waals surface area contributed by atoms with Crippen molar-refractivity contribution in [1.82, 2.24) is 9.80 Å². The molecule has 30 heavy (non-hydrogen) atoms. The number of rotatable bonds is 6. The summed E-state index contributed by atoms with van der Waals surface area (Å²) in [6.07, 6.45) is -0.344.